The van der Waals surface area contributed by atoms with Gasteiger partial charge in [-0.2, -0.15) is 0 Å². The Bertz CT molecular complexity index is 861. The Kier molecular flexibility index (Phi) is 4.89. The molecule has 6 heteroatoms. The van der Waals surface area contributed by atoms with Gasteiger partial charge in [0.1, 0.15) is 5.76 Å². The Morgan fingerprint density at radius 2 is 1.84 bits per heavy atom. The van der Waals surface area contributed by atoms with E-state index in [0.717, 1.165) is 5.69 Å². The molecule has 0 aliphatic heterocycles. The lowest BCUT2D eigenvalue weighted by Crippen LogP contribution is -2.27. The Morgan fingerprint density at radius 1 is 1.08 bits per heavy atom. The highest BCUT2D eigenvalue weighted by Crippen LogP contribution is 2.15. The predicted molar refractivity (Wildman–Crippen MR) is 93.3 cm³/mol. The third-order valence-corrected chi connectivity index (χ3v) is 3.70. The van der Waals surface area contributed by atoms with Crippen molar-refractivity contribution in [2.24, 2.45) is 0 Å². The molecule has 126 valence electrons. The summed E-state index contributed by atoms with van der Waals surface area (Å²) in [5.41, 5.74) is 1.43. The number of carbonyl (C=O) groups excluding carboxylic acids is 2. The highest BCUT2D eigenvalue weighted by Gasteiger charge is 2.16. The lowest BCUT2D eigenvalue weighted by Gasteiger charge is -2.17. The third-order valence-electron chi connectivity index (χ3n) is 3.70. The molecular formula is C19H17N3O3. The first-order valence-electron chi connectivity index (χ1n) is 7.74. The SMILES string of the molecule is CN(C(=O)c1cncc(C(=O)NCc2ccco2)c1)c1ccccc1. The Hall–Kier alpha value is -3.41. The number of hydrogen-bond donors (Lipinski definition) is 1. The van der Waals surface area contributed by atoms with Crippen molar-refractivity contribution in [3.05, 3.63) is 84.1 Å². The van der Waals surface area contributed by atoms with Gasteiger partial charge in [0, 0.05) is 25.1 Å². The minimum absolute atomic E-state index is 0.237. The quantitative estimate of drug-likeness (QED) is 0.778. The van der Waals surface area contributed by atoms with Gasteiger partial charge in [0.05, 0.1) is 23.9 Å². The number of nitrogens with zero attached hydrogens (tertiary/aromatic N) is 2. The molecule has 0 unspecified atom stereocenters. The second-order valence-electron chi connectivity index (χ2n) is 5.42. The molecule has 1 N–H and O–H groups in total. The van der Waals surface area contributed by atoms with Crippen LogP contribution >= 0.6 is 0 Å². The number of rotatable bonds is 5. The van der Waals surface area contributed by atoms with Crippen LogP contribution in [0.25, 0.3) is 0 Å². The molecule has 2 amide bonds. The molecule has 0 bridgehead atoms. The topological polar surface area (TPSA) is 75.4 Å². The molecule has 25 heavy (non-hydrogen) atoms. The van der Waals surface area contributed by atoms with Crippen molar-refractivity contribution in [3.63, 3.8) is 0 Å². The summed E-state index contributed by atoms with van der Waals surface area (Å²) in [5, 5.41) is 2.73. The minimum atomic E-state index is -0.319. The smallest absolute Gasteiger partial charge is 0.259 e. The van der Waals surface area contributed by atoms with Crippen LogP contribution in [-0.4, -0.2) is 23.8 Å². The molecule has 0 radical (unpaired) electrons. The third kappa shape index (κ3) is 3.92. The highest BCUT2D eigenvalue weighted by atomic mass is 16.3. The van der Waals surface area contributed by atoms with Crippen LogP contribution in [0, 0.1) is 0 Å². The van der Waals surface area contributed by atoms with Crippen molar-refractivity contribution in [2.75, 3.05) is 11.9 Å². The maximum Gasteiger partial charge on any atom is 0.259 e. The Labute approximate surface area is 145 Å². The van der Waals surface area contributed by atoms with Gasteiger partial charge in [0.15, 0.2) is 0 Å². The van der Waals surface area contributed by atoms with E-state index in [1.165, 1.54) is 23.4 Å². The van der Waals surface area contributed by atoms with Crippen molar-refractivity contribution < 1.29 is 14.0 Å². The zero-order valence-electron chi connectivity index (χ0n) is 13.7. The average Bonchev–Trinajstić information content (AvgIpc) is 3.19. The van der Waals surface area contributed by atoms with E-state index in [1.807, 2.05) is 30.3 Å². The lowest BCUT2D eigenvalue weighted by molar-refractivity contribution is 0.0947. The summed E-state index contributed by atoms with van der Waals surface area (Å²) in [5.74, 6) is 0.0950. The van der Waals surface area contributed by atoms with E-state index < -0.39 is 0 Å². The fourth-order valence-corrected chi connectivity index (χ4v) is 2.33. The van der Waals surface area contributed by atoms with Crippen molar-refractivity contribution in [1.82, 2.24) is 10.3 Å². The molecule has 3 aromatic rings. The Morgan fingerprint density at radius 3 is 2.56 bits per heavy atom. The van der Waals surface area contributed by atoms with Crippen molar-refractivity contribution in [1.29, 1.82) is 0 Å². The van der Waals surface area contributed by atoms with Crippen LogP contribution in [0.15, 0.2) is 71.6 Å². The molecule has 0 aliphatic rings. The summed E-state index contributed by atoms with van der Waals surface area (Å²) in [6, 6.07) is 14.3. The minimum Gasteiger partial charge on any atom is -0.467 e. The van der Waals surface area contributed by atoms with E-state index in [0.29, 0.717) is 16.9 Å². The van der Waals surface area contributed by atoms with Gasteiger partial charge < -0.3 is 14.6 Å². The second-order valence-corrected chi connectivity index (χ2v) is 5.42. The van der Waals surface area contributed by atoms with E-state index in [2.05, 4.69) is 10.3 Å². The first kappa shape index (κ1) is 16.4. The van der Waals surface area contributed by atoms with Gasteiger partial charge in [-0.25, -0.2) is 0 Å². The first-order valence-corrected chi connectivity index (χ1v) is 7.74. The fraction of sp³-hybridized carbons (Fsp3) is 0.105. The first-order chi connectivity index (χ1) is 12.1. The molecule has 3 rings (SSSR count). The van der Waals surface area contributed by atoms with Crippen LogP contribution in [0.3, 0.4) is 0 Å². The summed E-state index contributed by atoms with van der Waals surface area (Å²) in [7, 11) is 1.68. The van der Waals surface area contributed by atoms with Crippen LogP contribution < -0.4 is 10.2 Å². The molecule has 0 saturated heterocycles. The number of anilines is 1. The van der Waals surface area contributed by atoms with Crippen molar-refractivity contribution >= 4 is 17.5 Å². The molecule has 0 fully saturated rings. The molecule has 0 saturated carbocycles. The number of pyridine rings is 1. The predicted octanol–water partition coefficient (Wildman–Crippen LogP) is 2.88. The monoisotopic (exact) mass is 335 g/mol. The summed E-state index contributed by atoms with van der Waals surface area (Å²) in [4.78, 5) is 30.4. The van der Waals surface area contributed by atoms with Gasteiger partial charge in [-0.1, -0.05) is 18.2 Å². The summed E-state index contributed by atoms with van der Waals surface area (Å²) < 4.78 is 5.17. The molecule has 6 nitrogen and oxygen atoms in total. The van der Waals surface area contributed by atoms with Gasteiger partial charge in [0.25, 0.3) is 11.8 Å². The Balaban J connectivity index is 1.72. The number of benzene rings is 1. The number of hydrogen-bond acceptors (Lipinski definition) is 4. The highest BCUT2D eigenvalue weighted by molar-refractivity contribution is 6.07. The second kappa shape index (κ2) is 7.44. The zero-order valence-corrected chi connectivity index (χ0v) is 13.7. The average molecular weight is 335 g/mol. The maximum absolute atomic E-state index is 12.6. The largest absolute Gasteiger partial charge is 0.467 e. The molecule has 2 aromatic heterocycles. The van der Waals surface area contributed by atoms with Gasteiger partial charge in [0.2, 0.25) is 0 Å². The number of para-hydroxylation sites is 1. The lowest BCUT2D eigenvalue weighted by atomic mass is 10.1. The number of aromatic nitrogens is 1. The molecule has 0 spiro atoms. The summed E-state index contributed by atoms with van der Waals surface area (Å²) in [6.45, 7) is 0.272. The number of amides is 2. The van der Waals surface area contributed by atoms with Crippen molar-refractivity contribution in [2.45, 2.75) is 6.54 Å². The van der Waals surface area contributed by atoms with E-state index in [4.69, 9.17) is 4.42 Å². The summed E-state index contributed by atoms with van der Waals surface area (Å²) >= 11 is 0. The maximum atomic E-state index is 12.6. The number of nitrogens with one attached hydrogen (secondary N) is 1. The summed E-state index contributed by atoms with van der Waals surface area (Å²) in [6.07, 6.45) is 4.42. The molecule has 1 aromatic carbocycles. The normalized spacial score (nSPS) is 10.3. The molecule has 2 heterocycles. The van der Waals surface area contributed by atoms with Crippen LogP contribution in [0.5, 0.6) is 0 Å². The van der Waals surface area contributed by atoms with Gasteiger partial charge in [-0.15, -0.1) is 0 Å². The van der Waals surface area contributed by atoms with Gasteiger partial charge in [-0.05, 0) is 30.3 Å². The van der Waals surface area contributed by atoms with Gasteiger partial charge in [-0.3, -0.25) is 14.6 Å². The van der Waals surface area contributed by atoms with Crippen LogP contribution in [0.2, 0.25) is 0 Å². The van der Waals surface area contributed by atoms with Crippen LogP contribution in [0.4, 0.5) is 5.69 Å². The number of carbonyl (C=O) groups is 2. The molecule has 0 atom stereocenters. The van der Waals surface area contributed by atoms with E-state index in [9.17, 15) is 9.59 Å². The van der Waals surface area contributed by atoms with Crippen LogP contribution in [-0.2, 0) is 6.54 Å². The van der Waals surface area contributed by atoms with E-state index in [-0.39, 0.29) is 18.4 Å². The van der Waals surface area contributed by atoms with E-state index in [1.54, 1.807) is 25.4 Å². The standard InChI is InChI=1S/C19H17N3O3/c1-22(16-6-3-2-4-7-16)19(24)15-10-14(11-20-12-15)18(23)21-13-17-8-5-9-25-17/h2-12H,13H2,1H3,(H,21,23). The van der Waals surface area contributed by atoms with Gasteiger partial charge >= 0.3 is 0 Å². The molecule has 0 aliphatic carbocycles. The fourth-order valence-electron chi connectivity index (χ4n) is 2.33. The van der Waals surface area contributed by atoms with Crippen LogP contribution in [0.1, 0.15) is 26.5 Å². The van der Waals surface area contributed by atoms with E-state index >= 15 is 0 Å². The zero-order chi connectivity index (χ0) is 17.6. The molecular weight excluding hydrogens is 318 g/mol. The van der Waals surface area contributed by atoms with Crippen molar-refractivity contribution in [3.8, 4) is 0 Å². The number of furan rings is 1.